The molecule has 1 saturated heterocycles. The van der Waals surface area contributed by atoms with Gasteiger partial charge in [0.1, 0.15) is 0 Å². The average molecular weight is 372 g/mol. The van der Waals surface area contributed by atoms with Crippen LogP contribution in [0.5, 0.6) is 0 Å². The van der Waals surface area contributed by atoms with Crippen LogP contribution in [-0.4, -0.2) is 51.9 Å². The van der Waals surface area contributed by atoms with Gasteiger partial charge < -0.3 is 0 Å². The van der Waals surface area contributed by atoms with Crippen molar-refractivity contribution in [2.45, 2.75) is 112 Å². The number of hydrogen-bond acceptors (Lipinski definition) is 4. The topological polar surface area (TPSA) is 39.5 Å². The Labute approximate surface area is 157 Å². The molecule has 1 aliphatic rings. The molecule has 25 heavy (non-hydrogen) atoms. The van der Waals surface area contributed by atoms with Gasteiger partial charge in [0.15, 0.2) is 0 Å². The van der Waals surface area contributed by atoms with Gasteiger partial charge in [-0.2, -0.15) is 0 Å². The summed E-state index contributed by atoms with van der Waals surface area (Å²) < 4.78 is 12.4. The summed E-state index contributed by atoms with van der Waals surface area (Å²) in [7, 11) is -2.89. The first-order chi connectivity index (χ1) is 11.5. The summed E-state index contributed by atoms with van der Waals surface area (Å²) in [6.45, 7) is 20.3. The summed E-state index contributed by atoms with van der Waals surface area (Å²) in [5.41, 5.74) is 0. The van der Waals surface area contributed by atoms with E-state index in [1.807, 2.05) is 6.92 Å². The third kappa shape index (κ3) is 4.22. The Hall–Kier alpha value is -0.200. The average Bonchev–Trinajstić information content (AvgIpc) is 2.45. The van der Waals surface area contributed by atoms with Crippen LogP contribution in [0.2, 0.25) is 0 Å². The van der Waals surface area contributed by atoms with Gasteiger partial charge in [0, 0.05) is 0 Å². The van der Waals surface area contributed by atoms with E-state index in [4.69, 9.17) is 4.52 Å². The zero-order chi connectivity index (χ0) is 19.4. The summed E-state index contributed by atoms with van der Waals surface area (Å²) in [5.74, 6) is 0. The van der Waals surface area contributed by atoms with E-state index < -0.39 is 7.13 Å². The van der Waals surface area contributed by atoms with Crippen molar-refractivity contribution in [2.24, 2.45) is 0 Å². The monoisotopic (exact) mass is 371 g/mol. The van der Waals surface area contributed by atoms with Crippen molar-refractivity contribution in [3.8, 4) is 6.07 Å². The molecular weight excluding hydrogens is 329 g/mol. The molecule has 0 N–H and O–H groups in total. The van der Waals surface area contributed by atoms with E-state index in [0.717, 1.165) is 12.3 Å². The molecule has 148 valence electrons. The van der Waals surface area contributed by atoms with E-state index in [-0.39, 0.29) is 6.10 Å². The van der Waals surface area contributed by atoms with E-state index in [1.165, 1.54) is 19.3 Å². The van der Waals surface area contributed by atoms with Crippen molar-refractivity contribution in [3.05, 3.63) is 0 Å². The summed E-state index contributed by atoms with van der Waals surface area (Å²) in [6.07, 6.45) is 5.46. The molecule has 1 atom stereocenters. The predicted octanol–water partition coefficient (Wildman–Crippen LogP) is 5.63. The second kappa shape index (κ2) is 8.66. The van der Waals surface area contributed by atoms with Crippen molar-refractivity contribution in [2.75, 3.05) is 12.3 Å². The molecule has 0 aromatic heterocycles. The zero-order valence-electron chi connectivity index (χ0n) is 18.1. The van der Waals surface area contributed by atoms with Gasteiger partial charge in [0.2, 0.25) is 0 Å². The Morgan fingerprint density at radius 3 is 1.36 bits per heavy atom. The normalized spacial score (nSPS) is 23.2. The third-order valence-electron chi connectivity index (χ3n) is 5.46. The first kappa shape index (κ1) is 22.8. The molecular formula is C20H42N3OP. The van der Waals surface area contributed by atoms with E-state index in [2.05, 4.69) is 70.8 Å². The summed E-state index contributed by atoms with van der Waals surface area (Å²) in [5, 5.41) is 9.62. The van der Waals surface area contributed by atoms with Crippen LogP contribution >= 0.6 is 7.13 Å². The number of nitrogens with zero attached hydrogens (tertiary/aromatic N) is 3. The Morgan fingerprint density at radius 1 is 0.720 bits per heavy atom. The molecule has 1 fully saturated rings. The third-order valence-corrected chi connectivity index (χ3v) is 12.6. The molecule has 0 aliphatic carbocycles. The van der Waals surface area contributed by atoms with Gasteiger partial charge in [-0.1, -0.05) is 0 Å². The van der Waals surface area contributed by atoms with Gasteiger partial charge in [0.25, 0.3) is 0 Å². The number of hydrogen-bond donors (Lipinski definition) is 0. The Bertz CT molecular complexity index is 424. The van der Waals surface area contributed by atoms with Crippen molar-refractivity contribution in [1.82, 2.24) is 9.34 Å². The van der Waals surface area contributed by atoms with Crippen LogP contribution < -0.4 is 0 Å². The molecule has 0 aromatic carbocycles. The van der Waals surface area contributed by atoms with Gasteiger partial charge in [-0.3, -0.25) is 0 Å². The fraction of sp³-hybridized carbons (Fsp3) is 0.950. The molecule has 5 heteroatoms. The predicted molar refractivity (Wildman–Crippen MR) is 111 cm³/mol. The van der Waals surface area contributed by atoms with Crippen LogP contribution in [0.1, 0.15) is 81.6 Å². The van der Waals surface area contributed by atoms with Crippen LogP contribution in [0.4, 0.5) is 0 Å². The number of rotatable bonds is 8. The van der Waals surface area contributed by atoms with Gasteiger partial charge in [-0.15, -0.1) is 0 Å². The SMILES string of the molecule is CC(C#N)OP1(N(C(C)C)C(C)C)(N(C(C)C)C(C)C)CCCCC1. The Morgan fingerprint density at radius 2 is 1.08 bits per heavy atom. The van der Waals surface area contributed by atoms with Crippen LogP contribution in [0.25, 0.3) is 0 Å². The van der Waals surface area contributed by atoms with Gasteiger partial charge >= 0.3 is 156 Å². The molecule has 0 radical (unpaired) electrons. The van der Waals surface area contributed by atoms with Crippen molar-refractivity contribution >= 4 is 7.13 Å². The van der Waals surface area contributed by atoms with Crippen molar-refractivity contribution in [3.63, 3.8) is 0 Å². The van der Waals surface area contributed by atoms with E-state index in [0.29, 0.717) is 24.2 Å². The molecule has 0 aromatic rings. The molecule has 1 unspecified atom stereocenters. The number of nitriles is 1. The molecule has 0 saturated carbocycles. The van der Waals surface area contributed by atoms with Crippen molar-refractivity contribution in [1.29, 1.82) is 5.26 Å². The first-order valence-electron chi connectivity index (χ1n) is 10.2. The van der Waals surface area contributed by atoms with Gasteiger partial charge in [0.05, 0.1) is 0 Å². The summed E-state index contributed by atoms with van der Waals surface area (Å²) in [6, 6.07) is 3.95. The molecule has 1 rings (SSSR count). The second-order valence-corrected chi connectivity index (χ2v) is 13.4. The molecule has 0 amide bonds. The quantitative estimate of drug-likeness (QED) is 0.518. The minimum atomic E-state index is -2.89. The van der Waals surface area contributed by atoms with Crippen LogP contribution in [0.3, 0.4) is 0 Å². The standard InChI is InChI=1S/C20H42N3OP/c1-16(2)22(17(3)4)25(24-20(9)15-21,13-11-10-12-14-25)23(18(5)6)19(7)8/h16-20H,10-14H2,1-9H3. The van der Waals surface area contributed by atoms with Crippen LogP contribution in [0.15, 0.2) is 0 Å². The summed E-state index contributed by atoms with van der Waals surface area (Å²) in [4.78, 5) is 0. The van der Waals surface area contributed by atoms with E-state index in [9.17, 15) is 5.26 Å². The van der Waals surface area contributed by atoms with E-state index >= 15 is 0 Å². The Balaban J connectivity index is 3.78. The van der Waals surface area contributed by atoms with Crippen molar-refractivity contribution < 1.29 is 4.52 Å². The molecule has 4 nitrogen and oxygen atoms in total. The zero-order valence-corrected chi connectivity index (χ0v) is 19.0. The maximum absolute atomic E-state index is 9.62. The molecule has 0 spiro atoms. The van der Waals surface area contributed by atoms with Crippen LogP contribution in [-0.2, 0) is 4.52 Å². The fourth-order valence-electron chi connectivity index (χ4n) is 5.62. The fourth-order valence-corrected chi connectivity index (χ4v) is 14.1. The van der Waals surface area contributed by atoms with Crippen LogP contribution in [0, 0.1) is 11.3 Å². The summed E-state index contributed by atoms with van der Waals surface area (Å²) >= 11 is 0. The minimum absolute atomic E-state index is 0.379. The second-order valence-electron chi connectivity index (χ2n) is 8.82. The molecule has 1 heterocycles. The molecule has 0 bridgehead atoms. The first-order valence-corrected chi connectivity index (χ1v) is 12.6. The van der Waals surface area contributed by atoms with Gasteiger partial charge in [-0.25, -0.2) is 0 Å². The van der Waals surface area contributed by atoms with Gasteiger partial charge in [-0.05, 0) is 0 Å². The Kier molecular flexibility index (Phi) is 7.91. The molecule has 1 aliphatic heterocycles. The maximum atomic E-state index is 9.62. The van der Waals surface area contributed by atoms with E-state index in [1.54, 1.807) is 0 Å².